The van der Waals surface area contributed by atoms with Crippen molar-refractivity contribution in [2.75, 3.05) is 13.1 Å². The fraction of sp³-hybridized carbons (Fsp3) is 0.308. The molecule has 0 aliphatic carbocycles. The highest BCUT2D eigenvalue weighted by molar-refractivity contribution is 6.06. The summed E-state index contributed by atoms with van der Waals surface area (Å²) in [4.78, 5) is 28.1. The number of hydrogen-bond donors (Lipinski definition) is 1. The number of fused-ring (bicyclic) bond motifs is 1. The summed E-state index contributed by atoms with van der Waals surface area (Å²) in [6, 6.07) is 13.8. The summed E-state index contributed by atoms with van der Waals surface area (Å²) in [5.41, 5.74) is 1.98. The molecular weight excluding hydrogens is 405 g/mol. The van der Waals surface area contributed by atoms with Crippen molar-refractivity contribution in [2.45, 2.75) is 39.2 Å². The molecule has 1 fully saturated rings. The van der Waals surface area contributed by atoms with Gasteiger partial charge in [-0.05, 0) is 44.0 Å². The van der Waals surface area contributed by atoms with Crippen molar-refractivity contribution >= 4 is 28.8 Å². The van der Waals surface area contributed by atoms with Crippen LogP contribution >= 0.6 is 0 Å². The standard InChI is InChI=1S/C26H28FN3O2/c1-2-29-18-19(20-11-6-8-14-24(20)29)17-23(26(32)30-15-9-3-4-10-16-30)28-25(31)21-12-5-7-13-22(21)27/h5-8,11-14,17-18H,2-4,9-10,15-16H2,1H3,(H,28,31). The molecule has 1 aromatic heterocycles. The summed E-state index contributed by atoms with van der Waals surface area (Å²) < 4.78 is 16.3. The second kappa shape index (κ2) is 9.81. The van der Waals surface area contributed by atoms with E-state index in [1.54, 1.807) is 17.0 Å². The van der Waals surface area contributed by atoms with E-state index in [2.05, 4.69) is 16.8 Å². The van der Waals surface area contributed by atoms with E-state index in [1.807, 2.05) is 30.5 Å². The summed E-state index contributed by atoms with van der Waals surface area (Å²) in [5.74, 6) is -1.48. The van der Waals surface area contributed by atoms with Crippen LogP contribution in [0.2, 0.25) is 0 Å². The number of aryl methyl sites for hydroxylation is 1. The van der Waals surface area contributed by atoms with Gasteiger partial charge in [-0.3, -0.25) is 9.59 Å². The second-order valence-corrected chi connectivity index (χ2v) is 8.09. The van der Waals surface area contributed by atoms with Gasteiger partial charge >= 0.3 is 0 Å². The first kappa shape index (κ1) is 21.8. The normalized spacial score (nSPS) is 14.9. The molecule has 0 spiro atoms. The van der Waals surface area contributed by atoms with Crippen LogP contribution in [0.1, 0.15) is 48.5 Å². The van der Waals surface area contributed by atoms with E-state index in [0.717, 1.165) is 48.7 Å². The molecule has 1 aliphatic rings. The summed E-state index contributed by atoms with van der Waals surface area (Å²) in [6.45, 7) is 4.15. The smallest absolute Gasteiger partial charge is 0.270 e. The number of nitrogens with one attached hydrogen (secondary N) is 1. The van der Waals surface area contributed by atoms with Crippen molar-refractivity contribution in [3.8, 4) is 0 Å². The molecule has 6 heteroatoms. The van der Waals surface area contributed by atoms with Crippen LogP contribution < -0.4 is 5.32 Å². The highest BCUT2D eigenvalue weighted by Gasteiger charge is 2.23. The maximum Gasteiger partial charge on any atom is 0.270 e. The first-order chi connectivity index (χ1) is 15.6. The van der Waals surface area contributed by atoms with E-state index in [4.69, 9.17) is 0 Å². The minimum atomic E-state index is -0.628. The van der Waals surface area contributed by atoms with Crippen molar-refractivity contribution in [3.63, 3.8) is 0 Å². The van der Waals surface area contributed by atoms with Crippen molar-refractivity contribution in [1.82, 2.24) is 14.8 Å². The third-order valence-electron chi connectivity index (χ3n) is 5.95. The molecule has 3 aromatic rings. The van der Waals surface area contributed by atoms with E-state index in [1.165, 1.54) is 18.2 Å². The van der Waals surface area contributed by atoms with E-state index >= 15 is 0 Å². The zero-order chi connectivity index (χ0) is 22.5. The number of nitrogens with zero attached hydrogens (tertiary/aromatic N) is 2. The molecule has 1 N–H and O–H groups in total. The molecule has 2 aromatic carbocycles. The molecule has 166 valence electrons. The Kier molecular flexibility index (Phi) is 6.69. The molecule has 32 heavy (non-hydrogen) atoms. The molecular formula is C26H28FN3O2. The minimum Gasteiger partial charge on any atom is -0.347 e. The number of rotatable bonds is 5. The second-order valence-electron chi connectivity index (χ2n) is 8.09. The fourth-order valence-electron chi connectivity index (χ4n) is 4.24. The van der Waals surface area contributed by atoms with E-state index in [-0.39, 0.29) is 17.2 Å². The van der Waals surface area contributed by atoms with Crippen LogP contribution in [-0.4, -0.2) is 34.4 Å². The number of benzene rings is 2. The number of carbonyl (C=O) groups is 2. The third-order valence-corrected chi connectivity index (χ3v) is 5.95. The van der Waals surface area contributed by atoms with Crippen LogP contribution in [0.3, 0.4) is 0 Å². The Bertz CT molecular complexity index is 1160. The average Bonchev–Trinajstić information content (AvgIpc) is 2.97. The lowest BCUT2D eigenvalue weighted by Gasteiger charge is -2.22. The first-order valence-corrected chi connectivity index (χ1v) is 11.2. The quantitative estimate of drug-likeness (QED) is 0.578. The van der Waals surface area contributed by atoms with Gasteiger partial charge in [0.25, 0.3) is 11.8 Å². The lowest BCUT2D eigenvalue weighted by Crippen LogP contribution is -2.39. The minimum absolute atomic E-state index is 0.0851. The van der Waals surface area contributed by atoms with Gasteiger partial charge < -0.3 is 14.8 Å². The molecule has 4 rings (SSSR count). The topological polar surface area (TPSA) is 54.3 Å². The molecule has 2 amide bonds. The maximum absolute atomic E-state index is 14.2. The van der Waals surface area contributed by atoms with Crippen molar-refractivity contribution < 1.29 is 14.0 Å². The third kappa shape index (κ3) is 4.59. The lowest BCUT2D eigenvalue weighted by atomic mass is 10.1. The zero-order valence-electron chi connectivity index (χ0n) is 18.3. The van der Waals surface area contributed by atoms with Gasteiger partial charge in [0.1, 0.15) is 11.5 Å². The average molecular weight is 434 g/mol. The number of carbonyl (C=O) groups excluding carboxylic acids is 2. The van der Waals surface area contributed by atoms with Crippen LogP contribution in [-0.2, 0) is 11.3 Å². The van der Waals surface area contributed by atoms with E-state index < -0.39 is 11.7 Å². The summed E-state index contributed by atoms with van der Waals surface area (Å²) in [5, 5.41) is 3.71. The molecule has 2 heterocycles. The highest BCUT2D eigenvalue weighted by Crippen LogP contribution is 2.24. The van der Waals surface area contributed by atoms with E-state index in [0.29, 0.717) is 13.1 Å². The Balaban J connectivity index is 1.74. The molecule has 0 atom stereocenters. The number of halogens is 1. The predicted octanol–water partition coefficient (Wildman–Crippen LogP) is 4.97. The van der Waals surface area contributed by atoms with Gasteiger partial charge in [-0.1, -0.05) is 43.2 Å². The summed E-state index contributed by atoms with van der Waals surface area (Å²) >= 11 is 0. The zero-order valence-corrected chi connectivity index (χ0v) is 18.3. The van der Waals surface area contributed by atoms with Gasteiger partial charge in [-0.2, -0.15) is 0 Å². The van der Waals surface area contributed by atoms with Crippen LogP contribution in [0.4, 0.5) is 4.39 Å². The molecule has 1 saturated heterocycles. The van der Waals surface area contributed by atoms with Gasteiger partial charge in [0, 0.05) is 42.3 Å². The first-order valence-electron chi connectivity index (χ1n) is 11.2. The predicted molar refractivity (Wildman–Crippen MR) is 125 cm³/mol. The van der Waals surface area contributed by atoms with Crippen molar-refractivity contribution in [2.24, 2.45) is 0 Å². The number of likely N-dealkylation sites (tertiary alicyclic amines) is 1. The Morgan fingerprint density at radius 3 is 2.41 bits per heavy atom. The van der Waals surface area contributed by atoms with E-state index in [9.17, 15) is 14.0 Å². The molecule has 0 unspecified atom stereocenters. The van der Waals surface area contributed by atoms with Gasteiger partial charge in [0.15, 0.2) is 0 Å². The Morgan fingerprint density at radius 2 is 1.69 bits per heavy atom. The Morgan fingerprint density at radius 1 is 1.00 bits per heavy atom. The lowest BCUT2D eigenvalue weighted by molar-refractivity contribution is -0.127. The SMILES string of the molecule is CCn1cc(C=C(NC(=O)c2ccccc2F)C(=O)N2CCCCCC2)c2ccccc21. The van der Waals surface area contributed by atoms with Gasteiger partial charge in [0.2, 0.25) is 0 Å². The summed E-state index contributed by atoms with van der Waals surface area (Å²) in [6.07, 6.45) is 7.77. The summed E-state index contributed by atoms with van der Waals surface area (Å²) in [7, 11) is 0. The van der Waals surface area contributed by atoms with Gasteiger partial charge in [-0.15, -0.1) is 0 Å². The van der Waals surface area contributed by atoms with Crippen LogP contribution in [0.15, 0.2) is 60.4 Å². The number of aromatic nitrogens is 1. The fourth-order valence-corrected chi connectivity index (χ4v) is 4.24. The number of para-hydroxylation sites is 1. The van der Waals surface area contributed by atoms with Gasteiger partial charge in [0.05, 0.1) is 5.56 Å². The van der Waals surface area contributed by atoms with Crippen LogP contribution in [0.5, 0.6) is 0 Å². The molecule has 5 nitrogen and oxygen atoms in total. The number of amides is 2. The van der Waals surface area contributed by atoms with Gasteiger partial charge in [-0.25, -0.2) is 4.39 Å². The maximum atomic E-state index is 14.2. The highest BCUT2D eigenvalue weighted by atomic mass is 19.1. The Labute approximate surface area is 187 Å². The Hall–Kier alpha value is -3.41. The molecule has 0 radical (unpaired) electrons. The van der Waals surface area contributed by atoms with Crippen LogP contribution in [0, 0.1) is 5.82 Å². The van der Waals surface area contributed by atoms with Crippen LogP contribution in [0.25, 0.3) is 17.0 Å². The monoisotopic (exact) mass is 433 g/mol. The molecule has 0 saturated carbocycles. The molecule has 1 aliphatic heterocycles. The van der Waals surface area contributed by atoms with Crippen molar-refractivity contribution in [3.05, 3.63) is 77.4 Å². The van der Waals surface area contributed by atoms with Crippen molar-refractivity contribution in [1.29, 1.82) is 0 Å². The number of hydrogen-bond acceptors (Lipinski definition) is 2. The largest absolute Gasteiger partial charge is 0.347 e. The molecule has 0 bridgehead atoms.